The molecule has 0 saturated heterocycles. The summed E-state index contributed by atoms with van der Waals surface area (Å²) in [5.41, 5.74) is 0. The van der Waals surface area contributed by atoms with Crippen LogP contribution in [0.5, 0.6) is 0 Å². The predicted molar refractivity (Wildman–Crippen MR) is 71.0 cm³/mol. The smallest absolute Gasteiger partial charge is 0.0965 e. The second-order valence-electron chi connectivity index (χ2n) is 3.53. The number of thioether (sulfide) groups is 1. The Kier molecular flexibility index (Phi) is 7.05. The third kappa shape index (κ3) is 5.54. The average molecular weight is 244 g/mol. The number of nitrogens with one attached hydrogen (secondary N) is 1. The van der Waals surface area contributed by atoms with Crippen molar-refractivity contribution in [1.29, 1.82) is 0 Å². The van der Waals surface area contributed by atoms with Gasteiger partial charge < -0.3 is 5.32 Å². The quantitative estimate of drug-likeness (QED) is 0.712. The zero-order chi connectivity index (χ0) is 10.9. The Morgan fingerprint density at radius 3 is 3.13 bits per heavy atom. The van der Waals surface area contributed by atoms with Gasteiger partial charge in [0.1, 0.15) is 0 Å². The molecule has 0 spiro atoms. The van der Waals surface area contributed by atoms with Crippen LogP contribution in [0.4, 0.5) is 0 Å². The monoisotopic (exact) mass is 244 g/mol. The van der Waals surface area contributed by atoms with Gasteiger partial charge in [0.15, 0.2) is 0 Å². The van der Waals surface area contributed by atoms with Crippen molar-refractivity contribution in [3.8, 4) is 0 Å². The van der Waals surface area contributed by atoms with E-state index in [9.17, 15) is 0 Å². The van der Waals surface area contributed by atoms with Gasteiger partial charge in [-0.2, -0.15) is 11.8 Å². The van der Waals surface area contributed by atoms with E-state index in [1.54, 1.807) is 11.3 Å². The van der Waals surface area contributed by atoms with Gasteiger partial charge in [-0.05, 0) is 24.5 Å². The van der Waals surface area contributed by atoms with Crippen LogP contribution in [0, 0.1) is 0 Å². The van der Waals surface area contributed by atoms with Gasteiger partial charge in [0.05, 0.1) is 5.01 Å². The van der Waals surface area contributed by atoms with Gasteiger partial charge in [0.2, 0.25) is 0 Å². The largest absolute Gasteiger partial charge is 0.316 e. The van der Waals surface area contributed by atoms with Crippen LogP contribution >= 0.6 is 23.1 Å². The molecular weight excluding hydrogens is 224 g/mol. The maximum absolute atomic E-state index is 4.32. The Balaban J connectivity index is 2.00. The van der Waals surface area contributed by atoms with Crippen molar-refractivity contribution >= 4 is 23.1 Å². The number of thiazole rings is 1. The lowest BCUT2D eigenvalue weighted by Gasteiger charge is -2.09. The third-order valence-electron chi connectivity index (χ3n) is 2.17. The summed E-state index contributed by atoms with van der Waals surface area (Å²) in [5, 5.41) is 6.77. The first-order chi connectivity index (χ1) is 7.34. The van der Waals surface area contributed by atoms with Crippen molar-refractivity contribution in [2.45, 2.75) is 26.2 Å². The van der Waals surface area contributed by atoms with E-state index in [4.69, 9.17) is 0 Å². The van der Waals surface area contributed by atoms with Gasteiger partial charge in [0, 0.05) is 24.0 Å². The Morgan fingerprint density at radius 2 is 2.47 bits per heavy atom. The van der Waals surface area contributed by atoms with Crippen LogP contribution < -0.4 is 5.32 Å². The molecule has 0 fully saturated rings. The summed E-state index contributed by atoms with van der Waals surface area (Å²) < 4.78 is 0. The fraction of sp³-hybridized carbons (Fsp3) is 0.727. The number of aromatic nitrogens is 1. The van der Waals surface area contributed by atoms with E-state index in [0.29, 0.717) is 5.92 Å². The van der Waals surface area contributed by atoms with Gasteiger partial charge >= 0.3 is 0 Å². The number of hydrogen-bond acceptors (Lipinski definition) is 4. The summed E-state index contributed by atoms with van der Waals surface area (Å²) in [7, 11) is 0. The molecule has 0 aliphatic carbocycles. The number of hydrogen-bond donors (Lipinski definition) is 1. The first-order valence-corrected chi connectivity index (χ1v) is 7.56. The summed E-state index contributed by atoms with van der Waals surface area (Å²) in [5.74, 6) is 3.05. The summed E-state index contributed by atoms with van der Waals surface area (Å²) >= 11 is 3.76. The highest BCUT2D eigenvalue weighted by molar-refractivity contribution is 7.99. The van der Waals surface area contributed by atoms with Gasteiger partial charge in [-0.1, -0.05) is 13.8 Å². The van der Waals surface area contributed by atoms with Gasteiger partial charge in [-0.3, -0.25) is 0 Å². The normalized spacial score (nSPS) is 12.9. The third-order valence-corrected chi connectivity index (χ3v) is 4.16. The minimum atomic E-state index is 0.545. The summed E-state index contributed by atoms with van der Waals surface area (Å²) in [6, 6.07) is 0. The Morgan fingerprint density at radius 1 is 1.60 bits per heavy atom. The average Bonchev–Trinajstić information content (AvgIpc) is 2.76. The first kappa shape index (κ1) is 13.0. The standard InChI is InChI=1S/C11H20N2S2/c1-3-14-7-4-5-12-9-10(2)11-13-6-8-15-11/h6,8,10,12H,3-5,7,9H2,1-2H3. The molecule has 0 saturated carbocycles. The van der Waals surface area contributed by atoms with Crippen LogP contribution in [-0.4, -0.2) is 29.6 Å². The molecule has 1 unspecified atom stereocenters. The van der Waals surface area contributed by atoms with Crippen LogP contribution in [-0.2, 0) is 0 Å². The van der Waals surface area contributed by atoms with Crippen molar-refractivity contribution in [1.82, 2.24) is 10.3 Å². The Bertz CT molecular complexity index is 237. The maximum atomic E-state index is 4.32. The molecule has 2 nitrogen and oxygen atoms in total. The highest BCUT2D eigenvalue weighted by Gasteiger charge is 2.06. The zero-order valence-corrected chi connectivity index (χ0v) is 11.2. The van der Waals surface area contributed by atoms with E-state index < -0.39 is 0 Å². The summed E-state index contributed by atoms with van der Waals surface area (Å²) in [4.78, 5) is 4.32. The van der Waals surface area contributed by atoms with E-state index in [1.165, 1.54) is 22.9 Å². The van der Waals surface area contributed by atoms with E-state index in [-0.39, 0.29) is 0 Å². The maximum Gasteiger partial charge on any atom is 0.0965 e. The van der Waals surface area contributed by atoms with Crippen molar-refractivity contribution in [3.63, 3.8) is 0 Å². The van der Waals surface area contributed by atoms with Crippen LogP contribution in [0.25, 0.3) is 0 Å². The molecular formula is C11H20N2S2. The molecule has 1 aromatic rings. The summed E-state index contributed by atoms with van der Waals surface area (Å²) in [6.45, 7) is 6.61. The molecule has 0 aliphatic rings. The van der Waals surface area contributed by atoms with Gasteiger partial charge in [-0.25, -0.2) is 4.98 Å². The van der Waals surface area contributed by atoms with Crippen molar-refractivity contribution < 1.29 is 0 Å². The SMILES string of the molecule is CCSCCCNCC(C)c1nccs1. The van der Waals surface area contributed by atoms with Gasteiger partial charge in [0.25, 0.3) is 0 Å². The molecule has 1 N–H and O–H groups in total. The van der Waals surface area contributed by atoms with Crippen LogP contribution in [0.1, 0.15) is 31.2 Å². The highest BCUT2D eigenvalue weighted by Crippen LogP contribution is 2.16. The molecule has 0 bridgehead atoms. The molecule has 1 rings (SSSR count). The minimum Gasteiger partial charge on any atom is -0.316 e. The van der Waals surface area contributed by atoms with E-state index in [2.05, 4.69) is 24.1 Å². The molecule has 1 heterocycles. The molecule has 0 amide bonds. The molecule has 86 valence electrons. The number of nitrogens with zero attached hydrogens (tertiary/aromatic N) is 1. The summed E-state index contributed by atoms with van der Waals surface area (Å²) in [6.07, 6.45) is 3.15. The second-order valence-corrected chi connectivity index (χ2v) is 5.85. The fourth-order valence-corrected chi connectivity index (χ4v) is 2.66. The minimum absolute atomic E-state index is 0.545. The van der Waals surface area contributed by atoms with Crippen LogP contribution in [0.2, 0.25) is 0 Å². The van der Waals surface area contributed by atoms with Crippen molar-refractivity contribution in [3.05, 3.63) is 16.6 Å². The molecule has 15 heavy (non-hydrogen) atoms. The molecule has 1 aromatic heterocycles. The van der Waals surface area contributed by atoms with Gasteiger partial charge in [-0.15, -0.1) is 11.3 Å². The van der Waals surface area contributed by atoms with Crippen LogP contribution in [0.3, 0.4) is 0 Å². The lowest BCUT2D eigenvalue weighted by atomic mass is 10.2. The van der Waals surface area contributed by atoms with Crippen molar-refractivity contribution in [2.75, 3.05) is 24.6 Å². The predicted octanol–water partition coefficient (Wildman–Crippen LogP) is 2.98. The molecule has 4 heteroatoms. The lowest BCUT2D eigenvalue weighted by molar-refractivity contribution is 0.609. The van der Waals surface area contributed by atoms with E-state index >= 15 is 0 Å². The molecule has 0 aliphatic heterocycles. The zero-order valence-electron chi connectivity index (χ0n) is 9.53. The molecule has 0 aromatic carbocycles. The topological polar surface area (TPSA) is 24.9 Å². The fourth-order valence-electron chi connectivity index (χ4n) is 1.33. The molecule has 0 radical (unpaired) electrons. The first-order valence-electron chi connectivity index (χ1n) is 5.52. The Labute approximate surface area is 101 Å². The van der Waals surface area contributed by atoms with Crippen molar-refractivity contribution in [2.24, 2.45) is 0 Å². The van der Waals surface area contributed by atoms with Crippen LogP contribution in [0.15, 0.2) is 11.6 Å². The number of rotatable bonds is 8. The second kappa shape index (κ2) is 8.13. The lowest BCUT2D eigenvalue weighted by Crippen LogP contribution is -2.21. The van der Waals surface area contributed by atoms with E-state index in [0.717, 1.165) is 13.1 Å². The Hall–Kier alpha value is -0.0600. The highest BCUT2D eigenvalue weighted by atomic mass is 32.2. The molecule has 1 atom stereocenters. The van der Waals surface area contributed by atoms with E-state index in [1.807, 2.05) is 23.3 Å².